The van der Waals surface area contributed by atoms with E-state index < -0.39 is 5.97 Å². The number of ether oxygens (including phenoxy) is 2. The van der Waals surface area contributed by atoms with Crippen LogP contribution in [-0.4, -0.2) is 25.6 Å². The number of carbonyl (C=O) groups excluding carboxylic acids is 2. The summed E-state index contributed by atoms with van der Waals surface area (Å²) in [5, 5.41) is 2.88. The lowest BCUT2D eigenvalue weighted by Crippen LogP contribution is -2.12. The van der Waals surface area contributed by atoms with Gasteiger partial charge in [-0.2, -0.15) is 0 Å². The number of methoxy groups -OCH3 is 1. The molecule has 0 saturated heterocycles. The first kappa shape index (κ1) is 15.3. The minimum absolute atomic E-state index is 0.173. The molecule has 1 rings (SSSR count). The molecule has 0 atom stereocenters. The zero-order valence-electron chi connectivity index (χ0n) is 11.1. The fourth-order valence-electron chi connectivity index (χ4n) is 1.43. The van der Waals surface area contributed by atoms with E-state index in [1.165, 1.54) is 19.2 Å². The topological polar surface area (TPSA) is 64.6 Å². The highest BCUT2D eigenvalue weighted by molar-refractivity contribution is 6.34. The van der Waals surface area contributed by atoms with Gasteiger partial charge in [-0.15, -0.1) is 0 Å². The Balaban J connectivity index is 3.13. The van der Waals surface area contributed by atoms with Crippen molar-refractivity contribution in [1.82, 2.24) is 0 Å². The zero-order valence-corrected chi connectivity index (χ0v) is 11.8. The van der Waals surface area contributed by atoms with Gasteiger partial charge in [-0.25, -0.2) is 4.79 Å². The molecule has 1 aromatic carbocycles. The summed E-state index contributed by atoms with van der Waals surface area (Å²) in [6, 6.07) is 2.92. The summed E-state index contributed by atoms with van der Waals surface area (Å²) in [7, 11) is 1.43. The normalized spacial score (nSPS) is 9.89. The van der Waals surface area contributed by atoms with Crippen LogP contribution in [0.5, 0.6) is 5.75 Å². The van der Waals surface area contributed by atoms with Crippen LogP contribution in [0, 0.1) is 0 Å². The van der Waals surface area contributed by atoms with Crippen molar-refractivity contribution in [3.05, 3.63) is 22.7 Å². The molecule has 19 heavy (non-hydrogen) atoms. The Hall–Kier alpha value is -1.75. The third-order valence-corrected chi connectivity index (χ3v) is 2.69. The smallest absolute Gasteiger partial charge is 0.341 e. The molecule has 0 spiro atoms. The standard InChI is InChI=1S/C13H16ClNO4/c1-4-12(16)15-10-7-11(18-3)8(6-9(10)14)13(17)19-5-2/h6-7H,4-5H2,1-3H3,(H,15,16). The number of carbonyl (C=O) groups is 2. The van der Waals surface area contributed by atoms with Crippen LogP contribution in [0.4, 0.5) is 5.69 Å². The Morgan fingerprint density at radius 2 is 2.00 bits per heavy atom. The fraction of sp³-hybridized carbons (Fsp3) is 0.385. The van der Waals surface area contributed by atoms with Crippen molar-refractivity contribution in [1.29, 1.82) is 0 Å². The first-order chi connectivity index (χ1) is 9.03. The van der Waals surface area contributed by atoms with Crippen molar-refractivity contribution in [3.8, 4) is 5.75 Å². The number of hydrogen-bond acceptors (Lipinski definition) is 4. The van der Waals surface area contributed by atoms with E-state index in [-0.39, 0.29) is 23.1 Å². The Morgan fingerprint density at radius 1 is 1.32 bits per heavy atom. The van der Waals surface area contributed by atoms with Gasteiger partial charge in [-0.3, -0.25) is 4.79 Å². The highest BCUT2D eigenvalue weighted by atomic mass is 35.5. The lowest BCUT2D eigenvalue weighted by molar-refractivity contribution is -0.115. The molecule has 6 heteroatoms. The van der Waals surface area contributed by atoms with Gasteiger partial charge < -0.3 is 14.8 Å². The molecule has 1 aromatic rings. The van der Waals surface area contributed by atoms with Gasteiger partial charge in [0.1, 0.15) is 11.3 Å². The molecule has 0 saturated carbocycles. The van der Waals surface area contributed by atoms with Gasteiger partial charge in [0.2, 0.25) is 5.91 Å². The van der Waals surface area contributed by atoms with Crippen molar-refractivity contribution in [3.63, 3.8) is 0 Å². The molecule has 1 amide bonds. The molecule has 0 aliphatic rings. The maximum absolute atomic E-state index is 11.7. The third kappa shape index (κ3) is 3.86. The second kappa shape index (κ2) is 6.99. The van der Waals surface area contributed by atoms with Gasteiger partial charge in [0, 0.05) is 12.5 Å². The lowest BCUT2D eigenvalue weighted by atomic mass is 10.1. The largest absolute Gasteiger partial charge is 0.496 e. The number of amides is 1. The maximum atomic E-state index is 11.7. The highest BCUT2D eigenvalue weighted by Crippen LogP contribution is 2.31. The molecule has 5 nitrogen and oxygen atoms in total. The average Bonchev–Trinajstić information content (AvgIpc) is 2.40. The summed E-state index contributed by atoms with van der Waals surface area (Å²) in [5.41, 5.74) is 0.627. The van der Waals surface area contributed by atoms with Crippen molar-refractivity contribution in [2.24, 2.45) is 0 Å². The maximum Gasteiger partial charge on any atom is 0.341 e. The van der Waals surface area contributed by atoms with Crippen LogP contribution < -0.4 is 10.1 Å². The average molecular weight is 286 g/mol. The number of hydrogen-bond donors (Lipinski definition) is 1. The third-order valence-electron chi connectivity index (χ3n) is 2.38. The van der Waals surface area contributed by atoms with Crippen LogP contribution in [0.1, 0.15) is 30.6 Å². The minimum Gasteiger partial charge on any atom is -0.496 e. The SMILES string of the molecule is CCOC(=O)c1cc(Cl)c(NC(=O)CC)cc1OC. The molecule has 0 bridgehead atoms. The summed E-state index contributed by atoms with van der Waals surface area (Å²) in [4.78, 5) is 23.1. The second-order valence-electron chi connectivity index (χ2n) is 3.65. The summed E-state index contributed by atoms with van der Waals surface area (Å²) >= 11 is 6.03. The van der Waals surface area contributed by atoms with Crippen molar-refractivity contribution in [2.75, 3.05) is 19.0 Å². The molecule has 1 N–H and O–H groups in total. The van der Waals surface area contributed by atoms with E-state index in [0.717, 1.165) is 0 Å². The number of benzene rings is 1. The van der Waals surface area contributed by atoms with E-state index in [9.17, 15) is 9.59 Å². The molecule has 0 aliphatic heterocycles. The lowest BCUT2D eigenvalue weighted by Gasteiger charge is -2.12. The van der Waals surface area contributed by atoms with E-state index in [2.05, 4.69) is 5.32 Å². The number of nitrogens with one attached hydrogen (secondary N) is 1. The zero-order chi connectivity index (χ0) is 14.4. The van der Waals surface area contributed by atoms with Gasteiger partial charge in [0.15, 0.2) is 0 Å². The van der Waals surface area contributed by atoms with E-state index in [4.69, 9.17) is 21.1 Å². The van der Waals surface area contributed by atoms with Crippen molar-refractivity contribution in [2.45, 2.75) is 20.3 Å². The van der Waals surface area contributed by atoms with Gasteiger partial charge in [-0.1, -0.05) is 18.5 Å². The first-order valence-electron chi connectivity index (χ1n) is 5.87. The van der Waals surface area contributed by atoms with Gasteiger partial charge >= 0.3 is 5.97 Å². The summed E-state index contributed by atoms with van der Waals surface area (Å²) in [5.74, 6) is -0.392. The van der Waals surface area contributed by atoms with Crippen LogP contribution in [-0.2, 0) is 9.53 Å². The van der Waals surface area contributed by atoms with E-state index in [1.54, 1.807) is 13.8 Å². The quantitative estimate of drug-likeness (QED) is 0.845. The molecule has 0 radical (unpaired) electrons. The molecule has 104 valence electrons. The number of halogens is 1. The highest BCUT2D eigenvalue weighted by Gasteiger charge is 2.17. The molecular formula is C13H16ClNO4. The Bertz CT molecular complexity index is 488. The predicted octanol–water partition coefficient (Wildman–Crippen LogP) is 2.87. The van der Waals surface area contributed by atoms with Crippen LogP contribution in [0.15, 0.2) is 12.1 Å². The predicted molar refractivity (Wildman–Crippen MR) is 72.9 cm³/mol. The van der Waals surface area contributed by atoms with E-state index >= 15 is 0 Å². The molecule has 0 unspecified atom stereocenters. The van der Waals surface area contributed by atoms with Crippen LogP contribution in [0.3, 0.4) is 0 Å². The van der Waals surface area contributed by atoms with Crippen molar-refractivity contribution < 1.29 is 19.1 Å². The van der Waals surface area contributed by atoms with E-state index in [0.29, 0.717) is 17.9 Å². The van der Waals surface area contributed by atoms with Gasteiger partial charge in [-0.05, 0) is 13.0 Å². The van der Waals surface area contributed by atoms with Crippen LogP contribution >= 0.6 is 11.6 Å². The first-order valence-corrected chi connectivity index (χ1v) is 6.25. The van der Waals surface area contributed by atoms with Crippen LogP contribution in [0.25, 0.3) is 0 Å². The fourth-order valence-corrected chi connectivity index (χ4v) is 1.64. The monoisotopic (exact) mass is 285 g/mol. The molecular weight excluding hydrogens is 270 g/mol. The van der Waals surface area contributed by atoms with Gasteiger partial charge in [0.25, 0.3) is 0 Å². The Kier molecular flexibility index (Phi) is 5.63. The molecule has 0 fully saturated rings. The van der Waals surface area contributed by atoms with Gasteiger partial charge in [0.05, 0.1) is 24.4 Å². The van der Waals surface area contributed by atoms with E-state index in [1.807, 2.05) is 0 Å². The Morgan fingerprint density at radius 3 is 2.53 bits per heavy atom. The Labute approximate surface area is 116 Å². The molecule has 0 aromatic heterocycles. The molecule has 0 heterocycles. The van der Waals surface area contributed by atoms with Crippen LogP contribution in [0.2, 0.25) is 5.02 Å². The summed E-state index contributed by atoms with van der Waals surface area (Å²) < 4.78 is 10.0. The van der Waals surface area contributed by atoms with Crippen molar-refractivity contribution >= 4 is 29.2 Å². The minimum atomic E-state index is -0.519. The summed E-state index contributed by atoms with van der Waals surface area (Å²) in [6.07, 6.45) is 0.332. The number of esters is 1. The molecule has 0 aliphatic carbocycles. The summed E-state index contributed by atoms with van der Waals surface area (Å²) in [6.45, 7) is 3.70. The number of rotatable bonds is 5. The number of anilines is 1. The second-order valence-corrected chi connectivity index (χ2v) is 4.06.